The molecule has 0 aromatic carbocycles. The van der Waals surface area contributed by atoms with Crippen molar-refractivity contribution < 1.29 is 14.3 Å². The summed E-state index contributed by atoms with van der Waals surface area (Å²) in [5, 5.41) is 0. The zero-order chi connectivity index (χ0) is 12.7. The minimum Gasteiger partial charge on any atom is -0.467 e. The molecule has 3 nitrogen and oxygen atoms in total. The third-order valence-corrected chi connectivity index (χ3v) is 3.54. The molecule has 0 saturated heterocycles. The summed E-state index contributed by atoms with van der Waals surface area (Å²) in [6.07, 6.45) is 6.69. The average molecular weight is 242 g/mol. The average Bonchev–Trinajstić information content (AvgIpc) is 3.17. The number of methoxy groups -OCH3 is 1. The van der Waals surface area contributed by atoms with Crippen molar-refractivity contribution in [2.45, 2.75) is 58.5 Å². The lowest BCUT2D eigenvalue weighted by molar-refractivity contribution is -0.156. The molecule has 1 aliphatic carbocycles. The van der Waals surface area contributed by atoms with Crippen LogP contribution in [-0.4, -0.2) is 25.8 Å². The highest BCUT2D eigenvalue weighted by molar-refractivity contribution is 5.75. The molecule has 0 spiro atoms. The van der Waals surface area contributed by atoms with Crippen LogP contribution in [0, 0.1) is 11.8 Å². The molecule has 100 valence electrons. The number of ether oxygens (including phenoxy) is 2. The summed E-state index contributed by atoms with van der Waals surface area (Å²) in [5.41, 5.74) is 0. The van der Waals surface area contributed by atoms with Crippen LogP contribution in [0.3, 0.4) is 0 Å². The molecule has 0 aromatic rings. The predicted molar refractivity (Wildman–Crippen MR) is 67.8 cm³/mol. The van der Waals surface area contributed by atoms with Crippen molar-refractivity contribution in [3.63, 3.8) is 0 Å². The van der Waals surface area contributed by atoms with Gasteiger partial charge in [0.05, 0.1) is 13.7 Å². The minimum atomic E-state index is -0.310. The maximum Gasteiger partial charge on any atom is 0.335 e. The summed E-state index contributed by atoms with van der Waals surface area (Å²) in [5.74, 6) is 0.796. The Morgan fingerprint density at radius 3 is 2.53 bits per heavy atom. The lowest BCUT2D eigenvalue weighted by atomic mass is 10.0. The van der Waals surface area contributed by atoms with E-state index in [2.05, 4.69) is 13.8 Å². The highest BCUT2D eigenvalue weighted by Gasteiger charge is 2.38. The van der Waals surface area contributed by atoms with Crippen LogP contribution < -0.4 is 0 Å². The highest BCUT2D eigenvalue weighted by atomic mass is 16.6. The van der Waals surface area contributed by atoms with Crippen molar-refractivity contribution in [3.8, 4) is 0 Å². The number of carbonyl (C=O) groups excluding carboxylic acids is 1. The fraction of sp³-hybridized carbons (Fsp3) is 0.929. The van der Waals surface area contributed by atoms with Crippen molar-refractivity contribution >= 4 is 5.97 Å². The van der Waals surface area contributed by atoms with Gasteiger partial charge in [0.15, 0.2) is 6.10 Å². The van der Waals surface area contributed by atoms with Gasteiger partial charge < -0.3 is 9.47 Å². The first-order valence-electron chi connectivity index (χ1n) is 6.92. The Labute approximate surface area is 105 Å². The Balaban J connectivity index is 2.31. The van der Waals surface area contributed by atoms with Crippen LogP contribution in [0.25, 0.3) is 0 Å². The topological polar surface area (TPSA) is 35.5 Å². The molecule has 2 atom stereocenters. The lowest BCUT2D eigenvalue weighted by Crippen LogP contribution is -2.29. The molecule has 0 aliphatic heterocycles. The Bertz CT molecular complexity index is 224. The highest BCUT2D eigenvalue weighted by Crippen LogP contribution is 2.35. The van der Waals surface area contributed by atoms with E-state index in [9.17, 15) is 4.79 Å². The number of rotatable bonds is 9. The van der Waals surface area contributed by atoms with Crippen LogP contribution in [0.15, 0.2) is 0 Å². The number of hydrogen-bond acceptors (Lipinski definition) is 3. The molecular formula is C14H26O3. The molecule has 1 saturated carbocycles. The fourth-order valence-electron chi connectivity index (χ4n) is 2.05. The fourth-order valence-corrected chi connectivity index (χ4v) is 2.05. The largest absolute Gasteiger partial charge is 0.467 e. The number of carbonyl (C=O) groups is 1. The maximum atomic E-state index is 11.6. The van der Waals surface area contributed by atoms with Crippen LogP contribution in [0.1, 0.15) is 52.4 Å². The molecule has 3 heteroatoms. The van der Waals surface area contributed by atoms with Crippen molar-refractivity contribution in [1.82, 2.24) is 0 Å². The van der Waals surface area contributed by atoms with Gasteiger partial charge in [-0.05, 0) is 31.1 Å². The van der Waals surface area contributed by atoms with Gasteiger partial charge in [-0.25, -0.2) is 4.79 Å². The molecule has 0 N–H and O–H groups in total. The summed E-state index contributed by atoms with van der Waals surface area (Å²) in [6, 6.07) is 0. The van der Waals surface area contributed by atoms with E-state index in [4.69, 9.17) is 9.47 Å². The van der Waals surface area contributed by atoms with Crippen molar-refractivity contribution in [1.29, 1.82) is 0 Å². The smallest absolute Gasteiger partial charge is 0.335 e. The van der Waals surface area contributed by atoms with Gasteiger partial charge in [-0.2, -0.15) is 0 Å². The van der Waals surface area contributed by atoms with E-state index in [1.807, 2.05) is 0 Å². The van der Waals surface area contributed by atoms with Crippen LogP contribution in [0.4, 0.5) is 0 Å². The van der Waals surface area contributed by atoms with Gasteiger partial charge in [-0.1, -0.05) is 33.1 Å². The second-order valence-corrected chi connectivity index (χ2v) is 5.03. The zero-order valence-corrected chi connectivity index (χ0v) is 11.4. The molecule has 0 radical (unpaired) electrons. The summed E-state index contributed by atoms with van der Waals surface area (Å²) in [6.45, 7) is 5.09. The molecule has 1 aliphatic rings. The van der Waals surface area contributed by atoms with Gasteiger partial charge in [-0.15, -0.1) is 0 Å². The van der Waals surface area contributed by atoms with E-state index in [1.54, 1.807) is 0 Å². The first kappa shape index (κ1) is 14.5. The van der Waals surface area contributed by atoms with E-state index in [-0.39, 0.29) is 12.1 Å². The van der Waals surface area contributed by atoms with Crippen LogP contribution in [0.5, 0.6) is 0 Å². The summed E-state index contributed by atoms with van der Waals surface area (Å²) in [7, 11) is 1.44. The van der Waals surface area contributed by atoms with E-state index >= 15 is 0 Å². The second-order valence-electron chi connectivity index (χ2n) is 5.03. The van der Waals surface area contributed by atoms with Crippen LogP contribution in [0.2, 0.25) is 0 Å². The van der Waals surface area contributed by atoms with E-state index in [0.29, 0.717) is 18.4 Å². The Morgan fingerprint density at radius 2 is 2.06 bits per heavy atom. The summed E-state index contributed by atoms with van der Waals surface area (Å²) in [4.78, 5) is 11.6. The molecule has 0 heterocycles. The van der Waals surface area contributed by atoms with Crippen molar-refractivity contribution in [2.24, 2.45) is 11.8 Å². The molecule has 0 amide bonds. The summed E-state index contributed by atoms with van der Waals surface area (Å²) < 4.78 is 10.6. The molecule has 1 rings (SSSR count). The monoisotopic (exact) mass is 242 g/mol. The van der Waals surface area contributed by atoms with Crippen molar-refractivity contribution in [3.05, 3.63) is 0 Å². The third kappa shape index (κ3) is 5.07. The number of esters is 1. The number of unbranched alkanes of at least 4 members (excludes halogenated alkanes) is 1. The molecule has 0 aromatic heterocycles. The van der Waals surface area contributed by atoms with Crippen LogP contribution >= 0.6 is 0 Å². The van der Waals surface area contributed by atoms with Gasteiger partial charge >= 0.3 is 5.97 Å². The SMILES string of the molecule is CCCCC(CC)COC(C(=O)OC)C1CC1. The molecule has 1 fully saturated rings. The quantitative estimate of drug-likeness (QED) is 0.583. The van der Waals surface area contributed by atoms with Gasteiger partial charge in [-0.3, -0.25) is 0 Å². The van der Waals surface area contributed by atoms with Gasteiger partial charge in [0.2, 0.25) is 0 Å². The normalized spacial score (nSPS) is 18.8. The molecular weight excluding hydrogens is 216 g/mol. The first-order chi connectivity index (χ1) is 8.22. The second kappa shape index (κ2) is 7.70. The lowest BCUT2D eigenvalue weighted by Gasteiger charge is -2.19. The minimum absolute atomic E-state index is 0.196. The predicted octanol–water partition coefficient (Wildman–Crippen LogP) is 3.17. The molecule has 2 unspecified atom stereocenters. The van der Waals surface area contributed by atoms with E-state index < -0.39 is 0 Å². The molecule has 17 heavy (non-hydrogen) atoms. The van der Waals surface area contributed by atoms with E-state index in [1.165, 1.54) is 26.4 Å². The Morgan fingerprint density at radius 1 is 1.35 bits per heavy atom. The molecule has 0 bridgehead atoms. The Kier molecular flexibility index (Phi) is 6.56. The van der Waals surface area contributed by atoms with Gasteiger partial charge in [0, 0.05) is 0 Å². The van der Waals surface area contributed by atoms with E-state index in [0.717, 1.165) is 19.3 Å². The Hall–Kier alpha value is -0.570. The number of hydrogen-bond donors (Lipinski definition) is 0. The zero-order valence-electron chi connectivity index (χ0n) is 11.4. The van der Waals surface area contributed by atoms with Gasteiger partial charge in [0.25, 0.3) is 0 Å². The standard InChI is InChI=1S/C14H26O3/c1-4-6-7-11(5-2)10-17-13(12-8-9-12)14(15)16-3/h11-13H,4-10H2,1-3H3. The summed E-state index contributed by atoms with van der Waals surface area (Å²) >= 11 is 0. The first-order valence-corrected chi connectivity index (χ1v) is 6.92. The van der Waals surface area contributed by atoms with Crippen LogP contribution in [-0.2, 0) is 14.3 Å². The van der Waals surface area contributed by atoms with Gasteiger partial charge in [0.1, 0.15) is 0 Å². The van der Waals surface area contributed by atoms with Crippen molar-refractivity contribution in [2.75, 3.05) is 13.7 Å². The maximum absolute atomic E-state index is 11.6. The third-order valence-electron chi connectivity index (χ3n) is 3.54.